The topological polar surface area (TPSA) is 94.8 Å². The smallest absolute Gasteiger partial charge is 0.246 e. The molecule has 0 saturated carbocycles. The van der Waals surface area contributed by atoms with Gasteiger partial charge >= 0.3 is 0 Å². The Kier molecular flexibility index (Phi) is 7.19. The predicted molar refractivity (Wildman–Crippen MR) is 133 cm³/mol. The largest absolute Gasteiger partial charge is 0.493 e. The first-order chi connectivity index (χ1) is 16.9. The van der Waals surface area contributed by atoms with Gasteiger partial charge in [0.05, 0.1) is 27.0 Å². The van der Waals surface area contributed by atoms with Crippen molar-refractivity contribution in [2.24, 2.45) is 0 Å². The SMILES string of the molecule is COc1cc(/C=C/C(=O)N2CCN(c3cc(-n4nc(C)cc4C)ncn3)CC2)cc(OC)c1OC. The molecule has 10 heteroatoms. The van der Waals surface area contributed by atoms with E-state index < -0.39 is 0 Å². The maximum atomic E-state index is 12.8. The van der Waals surface area contributed by atoms with Gasteiger partial charge in [0.25, 0.3) is 0 Å². The third-order valence-corrected chi connectivity index (χ3v) is 5.89. The van der Waals surface area contributed by atoms with Crippen LogP contribution in [0.3, 0.4) is 0 Å². The Hall–Kier alpha value is -4.08. The van der Waals surface area contributed by atoms with Crippen molar-refractivity contribution in [2.45, 2.75) is 13.8 Å². The molecule has 1 amide bonds. The highest BCUT2D eigenvalue weighted by Gasteiger charge is 2.21. The minimum absolute atomic E-state index is 0.0515. The molecule has 4 rings (SSSR count). The molecule has 1 aromatic carbocycles. The Balaban J connectivity index is 1.40. The second-order valence-corrected chi connectivity index (χ2v) is 8.18. The number of rotatable bonds is 7. The number of aryl methyl sites for hydroxylation is 2. The minimum atomic E-state index is -0.0515. The Morgan fingerprint density at radius 3 is 2.11 bits per heavy atom. The molecule has 0 N–H and O–H groups in total. The number of methoxy groups -OCH3 is 3. The minimum Gasteiger partial charge on any atom is -0.493 e. The van der Waals surface area contributed by atoms with Gasteiger partial charge in [0.15, 0.2) is 17.3 Å². The van der Waals surface area contributed by atoms with E-state index in [1.54, 1.807) is 51.9 Å². The molecule has 0 aliphatic carbocycles. The fraction of sp³-hybridized carbons (Fsp3) is 0.360. The highest BCUT2D eigenvalue weighted by molar-refractivity contribution is 5.92. The predicted octanol–water partition coefficient (Wildman–Crippen LogP) is 2.67. The molecule has 3 aromatic rings. The number of hydrogen-bond acceptors (Lipinski definition) is 8. The Morgan fingerprint density at radius 2 is 1.54 bits per heavy atom. The molecule has 1 fully saturated rings. The molecular weight excluding hydrogens is 448 g/mol. The van der Waals surface area contributed by atoms with E-state index in [1.165, 1.54) is 0 Å². The standard InChI is InChI=1S/C25H30N6O4/c1-17-12-18(2)31(28-17)23-15-22(26-16-27-23)29-8-10-30(11-9-29)24(32)7-6-19-13-20(33-3)25(35-5)21(14-19)34-4/h6-7,12-16H,8-11H2,1-5H3/b7-6+. The fourth-order valence-corrected chi connectivity index (χ4v) is 4.11. The van der Waals surface area contributed by atoms with Crippen molar-refractivity contribution in [3.8, 4) is 23.1 Å². The summed E-state index contributed by atoms with van der Waals surface area (Å²) in [4.78, 5) is 25.6. The first kappa shape index (κ1) is 24.1. The Labute approximate surface area is 204 Å². The van der Waals surface area contributed by atoms with E-state index in [9.17, 15) is 4.79 Å². The van der Waals surface area contributed by atoms with Crippen molar-refractivity contribution in [3.05, 3.63) is 53.6 Å². The summed E-state index contributed by atoms with van der Waals surface area (Å²) in [7, 11) is 4.68. The van der Waals surface area contributed by atoms with Crippen molar-refractivity contribution < 1.29 is 19.0 Å². The number of nitrogens with zero attached hydrogens (tertiary/aromatic N) is 6. The van der Waals surface area contributed by atoms with Crippen molar-refractivity contribution in [3.63, 3.8) is 0 Å². The molecule has 1 saturated heterocycles. The molecule has 1 aliphatic rings. The number of benzene rings is 1. The number of ether oxygens (including phenoxy) is 3. The van der Waals surface area contributed by atoms with Crippen molar-refractivity contribution in [2.75, 3.05) is 52.4 Å². The van der Waals surface area contributed by atoms with Crippen LogP contribution < -0.4 is 19.1 Å². The molecule has 0 spiro atoms. The Morgan fingerprint density at radius 1 is 0.886 bits per heavy atom. The van der Waals surface area contributed by atoms with Crippen molar-refractivity contribution >= 4 is 17.8 Å². The molecule has 2 aromatic heterocycles. The number of anilines is 1. The second kappa shape index (κ2) is 10.5. The summed E-state index contributed by atoms with van der Waals surface area (Å²) in [6.07, 6.45) is 4.88. The molecule has 0 unspecified atom stereocenters. The van der Waals surface area contributed by atoms with E-state index in [0.717, 1.165) is 28.6 Å². The van der Waals surface area contributed by atoms with Gasteiger partial charge < -0.3 is 24.0 Å². The normalized spacial score (nSPS) is 13.9. The summed E-state index contributed by atoms with van der Waals surface area (Å²) in [6.45, 7) is 6.50. The van der Waals surface area contributed by atoms with Crippen LogP contribution in [0.4, 0.5) is 5.82 Å². The maximum absolute atomic E-state index is 12.8. The van der Waals surface area contributed by atoms with Gasteiger partial charge in [-0.15, -0.1) is 0 Å². The lowest BCUT2D eigenvalue weighted by molar-refractivity contribution is -0.126. The maximum Gasteiger partial charge on any atom is 0.246 e. The zero-order chi connectivity index (χ0) is 24.9. The summed E-state index contributed by atoms with van der Waals surface area (Å²) in [5.74, 6) is 3.09. The fourth-order valence-electron chi connectivity index (χ4n) is 4.11. The molecule has 0 bridgehead atoms. The molecule has 10 nitrogen and oxygen atoms in total. The second-order valence-electron chi connectivity index (χ2n) is 8.18. The highest BCUT2D eigenvalue weighted by Crippen LogP contribution is 2.38. The lowest BCUT2D eigenvalue weighted by Crippen LogP contribution is -2.48. The van der Waals surface area contributed by atoms with E-state index in [1.807, 2.05) is 35.6 Å². The first-order valence-electron chi connectivity index (χ1n) is 11.3. The van der Waals surface area contributed by atoms with Gasteiger partial charge in [-0.1, -0.05) is 0 Å². The van der Waals surface area contributed by atoms with Gasteiger partial charge in [0.1, 0.15) is 12.1 Å². The lowest BCUT2D eigenvalue weighted by atomic mass is 10.1. The number of hydrogen-bond donors (Lipinski definition) is 0. The Bertz CT molecular complexity index is 1210. The number of piperazine rings is 1. The number of amides is 1. The van der Waals surface area contributed by atoms with Crippen molar-refractivity contribution in [1.82, 2.24) is 24.6 Å². The lowest BCUT2D eigenvalue weighted by Gasteiger charge is -2.35. The van der Waals surface area contributed by atoms with Gasteiger partial charge in [-0.05, 0) is 43.7 Å². The van der Waals surface area contributed by atoms with Gasteiger partial charge in [-0.2, -0.15) is 5.10 Å². The van der Waals surface area contributed by atoms with E-state index >= 15 is 0 Å². The summed E-state index contributed by atoms with van der Waals surface area (Å²) < 4.78 is 17.9. The number of carbonyl (C=O) groups excluding carboxylic acids is 1. The summed E-state index contributed by atoms with van der Waals surface area (Å²) in [6, 6.07) is 7.55. The van der Waals surface area contributed by atoms with Crippen LogP contribution in [0.5, 0.6) is 17.2 Å². The molecule has 0 radical (unpaired) electrons. The van der Waals surface area contributed by atoms with Crippen LogP contribution in [-0.4, -0.2) is 78.1 Å². The van der Waals surface area contributed by atoms with Crippen molar-refractivity contribution in [1.29, 1.82) is 0 Å². The van der Waals surface area contributed by atoms with E-state index in [-0.39, 0.29) is 5.91 Å². The van der Waals surface area contributed by atoms with Gasteiger partial charge in [0.2, 0.25) is 11.7 Å². The zero-order valence-electron chi connectivity index (χ0n) is 20.7. The first-order valence-corrected chi connectivity index (χ1v) is 11.3. The quantitative estimate of drug-likeness (QED) is 0.479. The third-order valence-electron chi connectivity index (χ3n) is 5.89. The van der Waals surface area contributed by atoms with Crippen LogP contribution in [-0.2, 0) is 4.79 Å². The zero-order valence-corrected chi connectivity index (χ0v) is 20.7. The van der Waals surface area contributed by atoms with Crippen LogP contribution in [0.15, 0.2) is 36.7 Å². The molecular formula is C25H30N6O4. The van der Waals surface area contributed by atoms with E-state index in [4.69, 9.17) is 14.2 Å². The monoisotopic (exact) mass is 478 g/mol. The van der Waals surface area contributed by atoms with Gasteiger partial charge in [-0.3, -0.25) is 4.79 Å². The van der Waals surface area contributed by atoms with Gasteiger partial charge in [0, 0.05) is 44.0 Å². The molecule has 0 atom stereocenters. The molecule has 35 heavy (non-hydrogen) atoms. The summed E-state index contributed by atoms with van der Waals surface area (Å²) >= 11 is 0. The molecule has 184 valence electrons. The summed E-state index contributed by atoms with van der Waals surface area (Å²) in [5.41, 5.74) is 2.74. The third kappa shape index (κ3) is 5.21. The molecule has 1 aliphatic heterocycles. The van der Waals surface area contributed by atoms with E-state index in [0.29, 0.717) is 43.4 Å². The van der Waals surface area contributed by atoms with Gasteiger partial charge in [-0.25, -0.2) is 14.6 Å². The number of aromatic nitrogens is 4. The molecule has 3 heterocycles. The average molecular weight is 479 g/mol. The average Bonchev–Trinajstić information content (AvgIpc) is 3.24. The van der Waals surface area contributed by atoms with Crippen LogP contribution in [0, 0.1) is 13.8 Å². The van der Waals surface area contributed by atoms with Crippen LogP contribution in [0.25, 0.3) is 11.9 Å². The summed E-state index contributed by atoms with van der Waals surface area (Å²) in [5, 5.41) is 4.50. The van der Waals surface area contributed by atoms with E-state index in [2.05, 4.69) is 20.0 Å². The van der Waals surface area contributed by atoms with Crippen LogP contribution >= 0.6 is 0 Å². The number of carbonyl (C=O) groups is 1. The van der Waals surface area contributed by atoms with Crippen LogP contribution in [0.1, 0.15) is 17.0 Å². The van der Waals surface area contributed by atoms with Crippen LogP contribution in [0.2, 0.25) is 0 Å². The highest BCUT2D eigenvalue weighted by atomic mass is 16.5.